The first-order chi connectivity index (χ1) is 12.4. The van der Waals surface area contributed by atoms with Crippen LogP contribution in [0.3, 0.4) is 0 Å². The van der Waals surface area contributed by atoms with E-state index in [0.29, 0.717) is 11.5 Å². The van der Waals surface area contributed by atoms with Crippen LogP contribution in [0.25, 0.3) is 6.08 Å². The van der Waals surface area contributed by atoms with E-state index < -0.39 is 0 Å². The molecule has 2 rings (SSSR count). The highest BCUT2D eigenvalue weighted by Crippen LogP contribution is 2.32. The van der Waals surface area contributed by atoms with Gasteiger partial charge in [-0.1, -0.05) is 13.8 Å². The van der Waals surface area contributed by atoms with Gasteiger partial charge in [-0.3, -0.25) is 9.59 Å². The van der Waals surface area contributed by atoms with E-state index in [2.05, 4.69) is 5.32 Å². The Labute approximate surface area is 153 Å². The lowest BCUT2D eigenvalue weighted by Gasteiger charge is -2.22. The van der Waals surface area contributed by atoms with Crippen LogP contribution in [0.5, 0.6) is 11.5 Å². The number of methoxy groups -OCH3 is 2. The summed E-state index contributed by atoms with van der Waals surface area (Å²) in [7, 11) is 3.10. The largest absolute Gasteiger partial charge is 0.493 e. The predicted octanol–water partition coefficient (Wildman–Crippen LogP) is 1.19. The van der Waals surface area contributed by atoms with Crippen LogP contribution in [-0.2, 0) is 16.0 Å². The van der Waals surface area contributed by atoms with Crippen LogP contribution in [0, 0.1) is 5.92 Å². The van der Waals surface area contributed by atoms with E-state index in [1.54, 1.807) is 32.6 Å². The number of aliphatic hydroxyl groups is 1. The fourth-order valence-corrected chi connectivity index (χ4v) is 2.73. The van der Waals surface area contributed by atoms with Crippen LogP contribution in [0.2, 0.25) is 0 Å². The summed E-state index contributed by atoms with van der Waals surface area (Å²) < 4.78 is 10.6. The SMILES string of the molecule is COc1cc2c(cc1OC)CC(=O)N(CC(=O)NC(CO)C(C)C)C=C2. The zero-order valence-electron chi connectivity index (χ0n) is 15.6. The molecule has 1 aliphatic rings. The molecule has 1 heterocycles. The van der Waals surface area contributed by atoms with Gasteiger partial charge in [0, 0.05) is 6.20 Å². The Bertz CT molecular complexity index is 699. The molecular formula is C19H26N2O5. The maximum atomic E-state index is 12.5. The van der Waals surface area contributed by atoms with Crippen LogP contribution < -0.4 is 14.8 Å². The summed E-state index contributed by atoms with van der Waals surface area (Å²) in [6.07, 6.45) is 3.54. The van der Waals surface area contributed by atoms with Gasteiger partial charge in [0.2, 0.25) is 11.8 Å². The molecular weight excluding hydrogens is 336 g/mol. The van der Waals surface area contributed by atoms with Crippen molar-refractivity contribution in [3.05, 3.63) is 29.5 Å². The Hall–Kier alpha value is -2.54. The van der Waals surface area contributed by atoms with Crippen molar-refractivity contribution in [1.82, 2.24) is 10.2 Å². The molecule has 26 heavy (non-hydrogen) atoms. The number of ether oxygens (including phenoxy) is 2. The van der Waals surface area contributed by atoms with E-state index >= 15 is 0 Å². The first kappa shape index (κ1) is 19.8. The molecule has 1 unspecified atom stereocenters. The van der Waals surface area contributed by atoms with Crippen molar-refractivity contribution in [2.45, 2.75) is 26.3 Å². The Balaban J connectivity index is 2.14. The summed E-state index contributed by atoms with van der Waals surface area (Å²) in [5.74, 6) is 0.742. The minimum Gasteiger partial charge on any atom is -0.493 e. The average Bonchev–Trinajstić information content (AvgIpc) is 2.76. The quantitative estimate of drug-likeness (QED) is 0.761. The van der Waals surface area contributed by atoms with Gasteiger partial charge in [-0.15, -0.1) is 0 Å². The molecule has 1 aromatic carbocycles. The number of fused-ring (bicyclic) bond motifs is 1. The Morgan fingerprint density at radius 3 is 2.50 bits per heavy atom. The normalized spacial score (nSPS) is 14.7. The van der Waals surface area contributed by atoms with E-state index in [1.165, 1.54) is 4.90 Å². The van der Waals surface area contributed by atoms with Gasteiger partial charge in [0.1, 0.15) is 6.54 Å². The lowest BCUT2D eigenvalue weighted by Crippen LogP contribution is -2.46. The van der Waals surface area contributed by atoms with Crippen molar-refractivity contribution in [3.8, 4) is 11.5 Å². The molecule has 1 aromatic rings. The van der Waals surface area contributed by atoms with Gasteiger partial charge in [0.25, 0.3) is 0 Å². The van der Waals surface area contributed by atoms with E-state index in [-0.39, 0.29) is 43.3 Å². The second-order valence-corrected chi connectivity index (χ2v) is 6.52. The van der Waals surface area contributed by atoms with Crippen molar-refractivity contribution in [2.75, 3.05) is 27.4 Å². The zero-order chi connectivity index (χ0) is 19.3. The average molecular weight is 362 g/mol. The minimum absolute atomic E-state index is 0.0964. The maximum Gasteiger partial charge on any atom is 0.240 e. The molecule has 1 atom stereocenters. The third-order valence-electron chi connectivity index (χ3n) is 4.40. The van der Waals surface area contributed by atoms with Crippen molar-refractivity contribution in [3.63, 3.8) is 0 Å². The number of carbonyl (C=O) groups excluding carboxylic acids is 2. The lowest BCUT2D eigenvalue weighted by atomic mass is 10.0. The highest BCUT2D eigenvalue weighted by Gasteiger charge is 2.23. The molecule has 1 aliphatic heterocycles. The second-order valence-electron chi connectivity index (χ2n) is 6.52. The molecule has 0 radical (unpaired) electrons. The van der Waals surface area contributed by atoms with Gasteiger partial charge < -0.3 is 24.8 Å². The summed E-state index contributed by atoms with van der Waals surface area (Å²) >= 11 is 0. The standard InChI is InChI=1S/C19H26N2O5/c1-12(2)15(11-22)20-18(23)10-21-6-5-13-7-16(25-3)17(26-4)8-14(13)9-19(21)24/h5-8,12,15,22H,9-11H2,1-4H3,(H,20,23). The Morgan fingerprint density at radius 2 is 1.92 bits per heavy atom. The minimum atomic E-state index is -0.334. The van der Waals surface area contributed by atoms with Gasteiger partial charge in [0.05, 0.1) is 33.3 Å². The van der Waals surface area contributed by atoms with Gasteiger partial charge in [-0.2, -0.15) is 0 Å². The third kappa shape index (κ3) is 4.54. The monoisotopic (exact) mass is 362 g/mol. The Kier molecular flexibility index (Phi) is 6.63. The molecule has 0 aliphatic carbocycles. The summed E-state index contributed by atoms with van der Waals surface area (Å²) in [5, 5.41) is 12.1. The predicted molar refractivity (Wildman–Crippen MR) is 97.9 cm³/mol. The van der Waals surface area contributed by atoms with E-state index in [0.717, 1.165) is 11.1 Å². The van der Waals surface area contributed by atoms with Crippen LogP contribution in [0.4, 0.5) is 0 Å². The number of carbonyl (C=O) groups is 2. The van der Waals surface area contributed by atoms with Crippen LogP contribution in [-0.4, -0.2) is 55.2 Å². The molecule has 7 heteroatoms. The van der Waals surface area contributed by atoms with E-state index in [9.17, 15) is 14.7 Å². The molecule has 0 saturated carbocycles. The fourth-order valence-electron chi connectivity index (χ4n) is 2.73. The molecule has 7 nitrogen and oxygen atoms in total. The first-order valence-electron chi connectivity index (χ1n) is 8.52. The molecule has 0 fully saturated rings. The molecule has 2 N–H and O–H groups in total. The number of benzene rings is 1. The second kappa shape index (κ2) is 8.71. The highest BCUT2D eigenvalue weighted by molar-refractivity contribution is 5.89. The smallest absolute Gasteiger partial charge is 0.240 e. The van der Waals surface area contributed by atoms with Crippen LogP contribution in [0.15, 0.2) is 18.3 Å². The van der Waals surface area contributed by atoms with Gasteiger partial charge >= 0.3 is 0 Å². The van der Waals surface area contributed by atoms with Crippen molar-refractivity contribution in [1.29, 1.82) is 0 Å². The number of amides is 2. The first-order valence-corrected chi connectivity index (χ1v) is 8.52. The topological polar surface area (TPSA) is 88.1 Å². The van der Waals surface area contributed by atoms with Gasteiger partial charge in [0.15, 0.2) is 11.5 Å². The molecule has 0 aromatic heterocycles. The lowest BCUT2D eigenvalue weighted by molar-refractivity contribution is -0.133. The third-order valence-corrected chi connectivity index (χ3v) is 4.40. The van der Waals surface area contributed by atoms with Crippen LogP contribution in [0.1, 0.15) is 25.0 Å². The number of rotatable bonds is 7. The van der Waals surface area contributed by atoms with Crippen molar-refractivity contribution in [2.24, 2.45) is 5.92 Å². The summed E-state index contributed by atoms with van der Waals surface area (Å²) in [4.78, 5) is 26.1. The van der Waals surface area contributed by atoms with Crippen molar-refractivity contribution >= 4 is 17.9 Å². The fraction of sp³-hybridized carbons (Fsp3) is 0.474. The number of hydrogen-bond donors (Lipinski definition) is 2. The molecule has 0 spiro atoms. The van der Waals surface area contributed by atoms with Crippen molar-refractivity contribution < 1.29 is 24.2 Å². The van der Waals surface area contributed by atoms with E-state index in [1.807, 2.05) is 19.9 Å². The number of nitrogens with zero attached hydrogens (tertiary/aromatic N) is 1. The van der Waals surface area contributed by atoms with E-state index in [4.69, 9.17) is 9.47 Å². The molecule has 142 valence electrons. The molecule has 2 amide bonds. The molecule has 0 bridgehead atoms. The Morgan fingerprint density at radius 1 is 1.27 bits per heavy atom. The summed E-state index contributed by atoms with van der Waals surface area (Å²) in [5.41, 5.74) is 1.65. The molecule has 0 saturated heterocycles. The highest BCUT2D eigenvalue weighted by atomic mass is 16.5. The van der Waals surface area contributed by atoms with Gasteiger partial charge in [-0.05, 0) is 35.3 Å². The summed E-state index contributed by atoms with van der Waals surface area (Å²) in [6, 6.07) is 3.25. The number of aliphatic hydroxyl groups excluding tert-OH is 1. The zero-order valence-corrected chi connectivity index (χ0v) is 15.6. The number of hydrogen-bond acceptors (Lipinski definition) is 5. The number of nitrogens with one attached hydrogen (secondary N) is 1. The summed E-state index contributed by atoms with van der Waals surface area (Å²) in [6.45, 7) is 3.59. The van der Waals surface area contributed by atoms with Crippen LogP contribution >= 0.6 is 0 Å². The maximum absolute atomic E-state index is 12.5. The van der Waals surface area contributed by atoms with Gasteiger partial charge in [-0.25, -0.2) is 0 Å².